The predicted octanol–water partition coefficient (Wildman–Crippen LogP) is -17.3. The number of rotatable bonds is 7. The third-order valence-corrected chi connectivity index (χ3v) is 3.76. The van der Waals surface area contributed by atoms with E-state index in [0.717, 1.165) is 0 Å². The summed E-state index contributed by atoms with van der Waals surface area (Å²) in [5, 5.41) is 10.8. The second-order valence-electron chi connectivity index (χ2n) is 4.05. The summed E-state index contributed by atoms with van der Waals surface area (Å²) in [6.45, 7) is -1.17. The van der Waals surface area contributed by atoms with Gasteiger partial charge in [0.05, 0.1) is 12.6 Å². The zero-order valence-corrected chi connectivity index (χ0v) is 25.3. The minimum Gasteiger partial charge on any atom is -0.726 e. The van der Waals surface area contributed by atoms with Crippen LogP contribution in [0.1, 0.15) is 0 Å². The van der Waals surface area contributed by atoms with E-state index in [1.54, 1.807) is 0 Å². The third-order valence-electron chi connectivity index (χ3n) is 2.36. The smallest absolute Gasteiger partial charge is 0.726 e. The summed E-state index contributed by atoms with van der Waals surface area (Å²) in [5.41, 5.74) is 0. The van der Waals surface area contributed by atoms with Crippen molar-refractivity contribution in [3.05, 3.63) is 0 Å². The van der Waals surface area contributed by atoms with Crippen LogP contribution in [-0.2, 0) is 53.3 Å². The molecule has 1 rings (SSSR count). The number of hydrogen-bond donors (Lipinski definition) is 0. The quantitative estimate of drug-likeness (QED) is 0.177. The van der Waals surface area contributed by atoms with Crippen molar-refractivity contribution in [3.8, 4) is 0 Å². The maximum Gasteiger partial charge on any atom is 1.00 e. The molecule has 4 atom stereocenters. The topological polar surface area (TPSA) is 249 Å². The van der Waals surface area contributed by atoms with Gasteiger partial charge in [0, 0.05) is 0 Å². The van der Waals surface area contributed by atoms with Crippen LogP contribution in [0.25, 0.3) is 0 Å². The zero-order chi connectivity index (χ0) is 18.9. The van der Waals surface area contributed by atoms with E-state index in [-0.39, 0.29) is 118 Å². The molecule has 4 unspecified atom stereocenters. The van der Waals surface area contributed by atoms with E-state index in [1.165, 1.54) is 0 Å². The average molecular weight is 506 g/mol. The van der Waals surface area contributed by atoms with Gasteiger partial charge in [0.25, 0.3) is 0 Å². The van der Waals surface area contributed by atoms with E-state index in [9.17, 15) is 48.8 Å². The van der Waals surface area contributed by atoms with Crippen LogP contribution in [0.2, 0.25) is 0 Å². The summed E-state index contributed by atoms with van der Waals surface area (Å²) in [6, 6.07) is 0. The van der Waals surface area contributed by atoms with Gasteiger partial charge in [0.1, 0.15) is 24.4 Å². The molecule has 1 aliphatic heterocycles. The monoisotopic (exact) mass is 506 g/mol. The largest absolute Gasteiger partial charge is 1.00 e. The minimum absolute atomic E-state index is 0. The van der Waals surface area contributed by atoms with Gasteiger partial charge in [-0.2, -0.15) is 0 Å². The van der Waals surface area contributed by atoms with Gasteiger partial charge in [0.15, 0.2) is 0 Å². The summed E-state index contributed by atoms with van der Waals surface area (Å²) in [5.74, 6) is -2.23. The van der Waals surface area contributed by atoms with E-state index in [4.69, 9.17) is 0 Å². The SMILES string of the molecule is O=C([O-])C1OCC(OS(=O)(=O)[O-])C(OS(=O)(=O)[O-])C1OS(=O)(=O)[O-].[Na+].[Na+].[Na+].[Na+]. The van der Waals surface area contributed by atoms with Crippen LogP contribution < -0.4 is 123 Å². The van der Waals surface area contributed by atoms with Crippen molar-refractivity contribution in [1.29, 1.82) is 0 Å². The molecule has 1 heterocycles. The average Bonchev–Trinajstić information content (AvgIpc) is 2.27. The number of ether oxygens (including phenoxy) is 1. The molecule has 15 nitrogen and oxygen atoms in total. The minimum atomic E-state index is -5.73. The van der Waals surface area contributed by atoms with E-state index in [1.807, 2.05) is 0 Å². The van der Waals surface area contributed by atoms with Gasteiger partial charge in [0.2, 0.25) is 31.2 Å². The molecule has 0 amide bonds. The van der Waals surface area contributed by atoms with Crippen molar-refractivity contribution in [2.75, 3.05) is 6.61 Å². The summed E-state index contributed by atoms with van der Waals surface area (Å²) < 4.78 is 111. The number of carbonyl (C=O) groups excluding carboxylic acids is 1. The van der Waals surface area contributed by atoms with Gasteiger partial charge in [-0.15, -0.1) is 0 Å². The molecule has 0 aliphatic carbocycles. The summed E-state index contributed by atoms with van der Waals surface area (Å²) in [7, 11) is -17.0. The molecule has 1 fully saturated rings. The standard InChI is InChI=1S/C6H10O15S3.4Na/c7-6(8)5-4(21-24(15,16)17)3(20-23(12,13)14)2(1-18-5)19-22(9,10)11;;;;/h2-5H,1H2,(H,7,8)(H,9,10,11)(H,12,13,14)(H,15,16,17);;;;/q;4*+1/p-4. The summed E-state index contributed by atoms with van der Waals surface area (Å²) >= 11 is 0. The van der Waals surface area contributed by atoms with Crippen molar-refractivity contribution >= 4 is 37.2 Å². The molecule has 0 aromatic heterocycles. The molecule has 0 radical (unpaired) electrons. The van der Waals surface area contributed by atoms with Gasteiger partial charge >= 0.3 is 118 Å². The van der Waals surface area contributed by atoms with Crippen LogP contribution in [0, 0.1) is 0 Å². The second kappa shape index (κ2) is 15.0. The normalized spacial score (nSPS) is 25.1. The fourth-order valence-corrected chi connectivity index (χ4v) is 3.16. The first-order chi connectivity index (χ1) is 10.6. The van der Waals surface area contributed by atoms with Gasteiger partial charge < -0.3 is 28.3 Å². The van der Waals surface area contributed by atoms with Crippen LogP contribution in [0.15, 0.2) is 0 Å². The zero-order valence-electron chi connectivity index (χ0n) is 14.9. The molecular weight excluding hydrogens is 500 g/mol. The van der Waals surface area contributed by atoms with Crippen LogP contribution in [-0.4, -0.2) is 75.9 Å². The van der Waals surface area contributed by atoms with E-state index >= 15 is 0 Å². The Hall–Kier alpha value is 3.04. The molecule has 142 valence electrons. The Morgan fingerprint density at radius 2 is 1.11 bits per heavy atom. The molecule has 0 aromatic rings. The molecule has 0 spiro atoms. The maximum atomic E-state index is 10.8. The maximum absolute atomic E-state index is 10.8. The van der Waals surface area contributed by atoms with Crippen molar-refractivity contribution < 1.29 is 184 Å². The molecule has 0 saturated carbocycles. The molecule has 28 heavy (non-hydrogen) atoms. The Morgan fingerprint density at radius 3 is 1.43 bits per heavy atom. The molecule has 1 aliphatic rings. The van der Waals surface area contributed by atoms with Crippen LogP contribution in [0.4, 0.5) is 0 Å². The van der Waals surface area contributed by atoms with Gasteiger partial charge in [-0.1, -0.05) is 0 Å². The molecular formula is C6H6Na4O15S3. The third kappa shape index (κ3) is 15.0. The number of carbonyl (C=O) groups is 1. The first-order valence-electron chi connectivity index (χ1n) is 5.34. The van der Waals surface area contributed by atoms with Crippen LogP contribution >= 0.6 is 0 Å². The Morgan fingerprint density at radius 1 is 0.750 bits per heavy atom. The fourth-order valence-electron chi connectivity index (χ4n) is 1.70. The first kappa shape index (κ1) is 38.3. The fraction of sp³-hybridized carbons (Fsp3) is 0.833. The van der Waals surface area contributed by atoms with E-state index < -0.39 is 68.2 Å². The molecule has 0 N–H and O–H groups in total. The Kier molecular flexibility index (Phi) is 20.6. The van der Waals surface area contributed by atoms with Gasteiger partial charge in [-0.3, -0.25) is 12.5 Å². The van der Waals surface area contributed by atoms with Crippen molar-refractivity contribution in [1.82, 2.24) is 0 Å². The van der Waals surface area contributed by atoms with Gasteiger partial charge in [-0.25, -0.2) is 25.3 Å². The molecule has 0 aromatic carbocycles. The molecule has 1 saturated heterocycles. The Labute approximate surface area is 248 Å². The predicted molar refractivity (Wildman–Crippen MR) is 58.5 cm³/mol. The number of aliphatic carboxylic acids is 1. The Bertz CT molecular complexity index is 794. The number of carboxylic acid groups (broad SMARTS) is 1. The second-order valence-corrected chi connectivity index (χ2v) is 7.08. The van der Waals surface area contributed by atoms with Crippen molar-refractivity contribution in [2.24, 2.45) is 0 Å². The van der Waals surface area contributed by atoms with Crippen molar-refractivity contribution in [3.63, 3.8) is 0 Å². The number of carboxylic acids is 1. The first-order valence-corrected chi connectivity index (χ1v) is 9.34. The van der Waals surface area contributed by atoms with Crippen molar-refractivity contribution in [2.45, 2.75) is 24.4 Å². The Balaban J connectivity index is -0.000000720. The van der Waals surface area contributed by atoms with E-state index in [0.29, 0.717) is 0 Å². The van der Waals surface area contributed by atoms with E-state index in [2.05, 4.69) is 17.3 Å². The summed E-state index contributed by atoms with van der Waals surface area (Å²) in [6.07, 6.45) is -10.1. The number of hydrogen-bond acceptors (Lipinski definition) is 15. The van der Waals surface area contributed by atoms with Gasteiger partial charge in [-0.05, 0) is 0 Å². The van der Waals surface area contributed by atoms with Crippen LogP contribution in [0.5, 0.6) is 0 Å². The molecule has 0 bridgehead atoms. The summed E-state index contributed by atoms with van der Waals surface area (Å²) in [4.78, 5) is 10.8. The molecule has 22 heteroatoms. The van der Waals surface area contributed by atoms with Crippen LogP contribution in [0.3, 0.4) is 0 Å².